The number of carbonyl (C=O) groups excluding carboxylic acids is 1. The lowest BCUT2D eigenvalue weighted by atomic mass is 10.1. The first-order valence-corrected chi connectivity index (χ1v) is 3.80. The minimum Gasteiger partial charge on any atom is -0.365 e. The number of nitrogens with one attached hydrogen (secondary N) is 1. The summed E-state index contributed by atoms with van der Waals surface area (Å²) in [6, 6.07) is 0. The molecule has 0 bridgehead atoms. The Bertz CT molecular complexity index is 386. The van der Waals surface area contributed by atoms with Crippen LogP contribution in [0.25, 0.3) is 0 Å². The summed E-state index contributed by atoms with van der Waals surface area (Å²) < 4.78 is 0. The van der Waals surface area contributed by atoms with Gasteiger partial charge < -0.3 is 11.1 Å². The molecule has 2 heterocycles. The topological polar surface area (TPSA) is 80.4 Å². The van der Waals surface area contributed by atoms with Gasteiger partial charge >= 0.3 is 0 Å². The molecule has 0 aromatic carbocycles. The molecule has 0 saturated carbocycles. The van der Waals surface area contributed by atoms with Crippen molar-refractivity contribution >= 4 is 17.8 Å². The van der Waals surface area contributed by atoms with Crippen molar-refractivity contribution in [2.45, 2.75) is 0 Å². The van der Waals surface area contributed by atoms with E-state index in [2.05, 4.69) is 15.3 Å². The first kappa shape index (κ1) is 7.72. The van der Waals surface area contributed by atoms with Gasteiger partial charge in [0.15, 0.2) is 0 Å². The van der Waals surface area contributed by atoms with Gasteiger partial charge in [-0.2, -0.15) is 0 Å². The van der Waals surface area contributed by atoms with E-state index in [4.69, 9.17) is 5.73 Å². The number of carbonyl (C=O) groups is 1. The molecule has 0 saturated heterocycles. The van der Waals surface area contributed by atoms with Gasteiger partial charge in [-0.1, -0.05) is 0 Å². The third-order valence-corrected chi connectivity index (χ3v) is 1.82. The Morgan fingerprint density at radius 1 is 1.54 bits per heavy atom. The second-order valence-corrected chi connectivity index (χ2v) is 2.66. The zero-order chi connectivity index (χ0) is 9.26. The number of anilines is 1. The maximum Gasteiger partial charge on any atom is 0.252 e. The molecule has 13 heavy (non-hydrogen) atoms. The van der Waals surface area contributed by atoms with Crippen molar-refractivity contribution in [1.82, 2.24) is 4.98 Å². The molecule has 0 atom stereocenters. The first-order chi connectivity index (χ1) is 6.29. The van der Waals surface area contributed by atoms with E-state index in [9.17, 15) is 4.79 Å². The summed E-state index contributed by atoms with van der Waals surface area (Å²) in [5.74, 6) is -0.479. The molecule has 0 unspecified atom stereocenters. The largest absolute Gasteiger partial charge is 0.365 e. The Morgan fingerprint density at radius 2 is 2.38 bits per heavy atom. The minimum absolute atomic E-state index is 0.406. The molecule has 1 aliphatic rings. The number of nitrogens with zero attached hydrogens (tertiary/aromatic N) is 2. The number of pyridine rings is 1. The molecule has 0 aliphatic carbocycles. The fraction of sp³-hybridized carbons (Fsp3) is 0.125. The Balaban J connectivity index is 2.59. The average molecular weight is 176 g/mol. The fourth-order valence-corrected chi connectivity index (χ4v) is 1.23. The van der Waals surface area contributed by atoms with Crippen molar-refractivity contribution in [3.8, 4) is 0 Å². The van der Waals surface area contributed by atoms with Gasteiger partial charge in [-0.25, -0.2) is 0 Å². The highest BCUT2D eigenvalue weighted by molar-refractivity contribution is 6.03. The molecule has 0 radical (unpaired) electrons. The quantitative estimate of drug-likeness (QED) is 0.631. The van der Waals surface area contributed by atoms with Crippen molar-refractivity contribution in [3.05, 3.63) is 23.5 Å². The Morgan fingerprint density at radius 3 is 3.15 bits per heavy atom. The van der Waals surface area contributed by atoms with Gasteiger partial charge in [0, 0.05) is 24.2 Å². The van der Waals surface area contributed by atoms with Crippen LogP contribution in [0.15, 0.2) is 17.4 Å². The zero-order valence-corrected chi connectivity index (χ0v) is 6.82. The van der Waals surface area contributed by atoms with Crippen molar-refractivity contribution < 1.29 is 4.79 Å². The molecule has 2 rings (SSSR count). The number of fused-ring (bicyclic) bond motifs is 1. The third-order valence-electron chi connectivity index (χ3n) is 1.82. The normalized spacial score (nSPS) is 13.2. The molecule has 3 N–H and O–H groups in total. The van der Waals surface area contributed by atoms with Crippen LogP contribution in [0.5, 0.6) is 0 Å². The van der Waals surface area contributed by atoms with Gasteiger partial charge in [-0.15, -0.1) is 0 Å². The molecule has 1 aromatic heterocycles. The highest BCUT2D eigenvalue weighted by atomic mass is 16.1. The molecule has 1 aliphatic heterocycles. The van der Waals surface area contributed by atoms with E-state index in [0.29, 0.717) is 12.2 Å². The number of hydrogen-bond donors (Lipinski definition) is 2. The summed E-state index contributed by atoms with van der Waals surface area (Å²) in [5.41, 5.74) is 7.09. The van der Waals surface area contributed by atoms with Gasteiger partial charge in [-0.05, 0) is 0 Å². The van der Waals surface area contributed by atoms with Crippen molar-refractivity contribution in [2.75, 3.05) is 12.0 Å². The molecule has 1 aromatic rings. The van der Waals surface area contributed by atoms with Crippen LogP contribution in [-0.2, 0) is 0 Å². The summed E-state index contributed by atoms with van der Waals surface area (Å²) in [6.45, 7) is 0.470. The van der Waals surface area contributed by atoms with E-state index in [1.807, 2.05) is 0 Å². The number of aliphatic imine (C=N–C) groups is 1. The lowest BCUT2D eigenvalue weighted by Gasteiger charge is -2.13. The maximum absolute atomic E-state index is 11.0. The zero-order valence-electron chi connectivity index (χ0n) is 6.82. The summed E-state index contributed by atoms with van der Waals surface area (Å²) >= 11 is 0. The van der Waals surface area contributed by atoms with Crippen LogP contribution in [0.3, 0.4) is 0 Å². The van der Waals surface area contributed by atoms with Gasteiger partial charge in [-0.3, -0.25) is 14.8 Å². The molecule has 0 fully saturated rings. The van der Waals surface area contributed by atoms with Crippen LogP contribution in [0.1, 0.15) is 15.9 Å². The monoisotopic (exact) mass is 176 g/mol. The smallest absolute Gasteiger partial charge is 0.252 e. The Labute approximate surface area is 74.7 Å². The average Bonchev–Trinajstić information content (AvgIpc) is 2.17. The molecule has 66 valence electrons. The molecular formula is C8H8N4O. The summed E-state index contributed by atoms with van der Waals surface area (Å²) in [4.78, 5) is 18.8. The van der Waals surface area contributed by atoms with Crippen molar-refractivity contribution in [1.29, 1.82) is 0 Å². The first-order valence-electron chi connectivity index (χ1n) is 3.80. The number of nitrogens with two attached hydrogens (primary N) is 1. The third kappa shape index (κ3) is 1.24. The summed E-state index contributed by atoms with van der Waals surface area (Å²) in [7, 11) is 0. The number of primary amides is 1. The highest BCUT2D eigenvalue weighted by Gasteiger charge is 2.13. The molecule has 0 spiro atoms. The molecular weight excluding hydrogens is 168 g/mol. The molecule has 1 amide bonds. The Hall–Kier alpha value is -1.91. The predicted octanol–water partition coefficient (Wildman–Crippen LogP) is -0.0176. The van der Waals surface area contributed by atoms with Crippen molar-refractivity contribution in [3.63, 3.8) is 0 Å². The van der Waals surface area contributed by atoms with Crippen molar-refractivity contribution in [2.24, 2.45) is 10.7 Å². The van der Waals surface area contributed by atoms with Crippen LogP contribution >= 0.6 is 0 Å². The second kappa shape index (κ2) is 2.85. The maximum atomic E-state index is 11.0. The van der Waals surface area contributed by atoms with E-state index in [1.54, 1.807) is 12.4 Å². The van der Waals surface area contributed by atoms with E-state index in [1.165, 1.54) is 6.20 Å². The second-order valence-electron chi connectivity index (χ2n) is 2.66. The van der Waals surface area contributed by atoms with E-state index < -0.39 is 5.91 Å². The lowest BCUT2D eigenvalue weighted by Crippen LogP contribution is -2.18. The van der Waals surface area contributed by atoms with Gasteiger partial charge in [0.1, 0.15) is 6.67 Å². The molecule has 5 heteroatoms. The number of hydrogen-bond acceptors (Lipinski definition) is 4. The molecule has 5 nitrogen and oxygen atoms in total. The fourth-order valence-electron chi connectivity index (χ4n) is 1.23. The van der Waals surface area contributed by atoms with Crippen LogP contribution < -0.4 is 11.1 Å². The lowest BCUT2D eigenvalue weighted by molar-refractivity contribution is 0.100. The standard InChI is InChI=1S/C8H8N4O/c9-8(13)6-3-10-1-5-2-11-4-12-7(5)6/h1-3,12H,4H2,(H2,9,13). The summed E-state index contributed by atoms with van der Waals surface area (Å²) in [5, 5.41) is 2.97. The summed E-state index contributed by atoms with van der Waals surface area (Å²) in [6.07, 6.45) is 4.76. The van der Waals surface area contributed by atoms with Gasteiger partial charge in [0.2, 0.25) is 0 Å². The van der Waals surface area contributed by atoms with Gasteiger partial charge in [0.05, 0.1) is 11.3 Å². The van der Waals surface area contributed by atoms with Crippen LogP contribution in [0.2, 0.25) is 0 Å². The van der Waals surface area contributed by atoms with Crippen LogP contribution in [0, 0.1) is 0 Å². The van der Waals surface area contributed by atoms with E-state index in [-0.39, 0.29) is 0 Å². The Kier molecular flexibility index (Phi) is 1.70. The number of rotatable bonds is 1. The SMILES string of the molecule is NC(=O)c1cncc2c1NCN=C2. The van der Waals surface area contributed by atoms with E-state index in [0.717, 1.165) is 11.3 Å². The number of amides is 1. The predicted molar refractivity (Wildman–Crippen MR) is 48.8 cm³/mol. The van der Waals surface area contributed by atoms with E-state index >= 15 is 0 Å². The number of aromatic nitrogens is 1. The highest BCUT2D eigenvalue weighted by Crippen LogP contribution is 2.19. The van der Waals surface area contributed by atoms with Gasteiger partial charge in [0.25, 0.3) is 5.91 Å². The van der Waals surface area contributed by atoms with Crippen LogP contribution in [-0.4, -0.2) is 23.8 Å². The minimum atomic E-state index is -0.479. The van der Waals surface area contributed by atoms with Crippen LogP contribution in [0.4, 0.5) is 5.69 Å².